The predicted octanol–water partition coefficient (Wildman–Crippen LogP) is 5.16. The highest BCUT2D eigenvalue weighted by Gasteiger charge is 2.26. The third-order valence-corrected chi connectivity index (χ3v) is 5.74. The molecule has 3 nitrogen and oxygen atoms in total. The average Bonchev–Trinajstić information content (AvgIpc) is 2.61. The molecule has 4 heteroatoms. The van der Waals surface area contributed by atoms with Gasteiger partial charge in [-0.05, 0) is 60.4 Å². The molecule has 0 spiro atoms. The van der Waals surface area contributed by atoms with Gasteiger partial charge in [-0.15, -0.1) is 0 Å². The lowest BCUT2D eigenvalue weighted by atomic mass is 9.75. The number of amides is 1. The minimum absolute atomic E-state index is 0.431. The van der Waals surface area contributed by atoms with Crippen LogP contribution in [0.5, 0.6) is 0 Å². The second-order valence-electron chi connectivity index (χ2n) is 8.08. The highest BCUT2D eigenvalue weighted by Crippen LogP contribution is 2.35. The fraction of sp³-hybridized carbons (Fsp3) is 0.409. The Hall–Kier alpha value is -1.84. The van der Waals surface area contributed by atoms with Gasteiger partial charge in [0.25, 0.3) is 0 Å². The van der Waals surface area contributed by atoms with Gasteiger partial charge in [-0.2, -0.15) is 0 Å². The van der Waals surface area contributed by atoms with E-state index in [1.54, 1.807) is 12.1 Å². The molecule has 0 unspecified atom stereocenters. The van der Waals surface area contributed by atoms with Crippen molar-refractivity contribution in [2.75, 3.05) is 0 Å². The minimum Gasteiger partial charge on any atom is -0.366 e. The summed E-state index contributed by atoms with van der Waals surface area (Å²) in [4.78, 5) is 11.4. The van der Waals surface area contributed by atoms with Crippen molar-refractivity contribution >= 4 is 17.5 Å². The van der Waals surface area contributed by atoms with E-state index in [-0.39, 0.29) is 0 Å². The smallest absolute Gasteiger partial charge is 0.248 e. The molecule has 2 aromatic carbocycles. The van der Waals surface area contributed by atoms with Crippen LogP contribution in [0.1, 0.15) is 55.5 Å². The second-order valence-corrected chi connectivity index (χ2v) is 8.49. The Morgan fingerprint density at radius 2 is 1.92 bits per heavy atom. The van der Waals surface area contributed by atoms with Gasteiger partial charge >= 0.3 is 0 Å². The topological polar surface area (TPSA) is 55.1 Å². The first-order chi connectivity index (χ1) is 12.3. The number of nitrogens with two attached hydrogens (primary N) is 1. The molecular weight excluding hydrogens is 344 g/mol. The van der Waals surface area contributed by atoms with Crippen molar-refractivity contribution in [3.63, 3.8) is 0 Å². The number of halogens is 1. The zero-order chi connectivity index (χ0) is 18.7. The Morgan fingerprint density at radius 3 is 2.58 bits per heavy atom. The monoisotopic (exact) mass is 370 g/mol. The number of carbonyl (C=O) groups excluding carboxylic acids is 1. The summed E-state index contributed by atoms with van der Waals surface area (Å²) in [7, 11) is 0. The summed E-state index contributed by atoms with van der Waals surface area (Å²) in [5.74, 6) is -0.431. The number of benzene rings is 2. The average molecular weight is 371 g/mol. The van der Waals surface area contributed by atoms with Gasteiger partial charge in [-0.25, -0.2) is 0 Å². The van der Waals surface area contributed by atoms with Crippen molar-refractivity contribution in [1.29, 1.82) is 0 Å². The predicted molar refractivity (Wildman–Crippen MR) is 108 cm³/mol. The van der Waals surface area contributed by atoms with Crippen LogP contribution in [0.15, 0.2) is 42.5 Å². The number of rotatable bonds is 5. The van der Waals surface area contributed by atoms with E-state index < -0.39 is 5.91 Å². The Kier molecular flexibility index (Phi) is 5.69. The van der Waals surface area contributed by atoms with Crippen molar-refractivity contribution in [2.45, 2.75) is 52.1 Å². The second kappa shape index (κ2) is 7.81. The summed E-state index contributed by atoms with van der Waals surface area (Å²) in [6.07, 6.45) is 5.03. The Bertz CT molecular complexity index is 790. The van der Waals surface area contributed by atoms with Gasteiger partial charge in [0.2, 0.25) is 5.91 Å². The van der Waals surface area contributed by atoms with Gasteiger partial charge < -0.3 is 11.1 Å². The molecular formula is C22H27ClN2O. The molecule has 0 heterocycles. The molecule has 3 N–H and O–H groups in total. The summed E-state index contributed by atoms with van der Waals surface area (Å²) >= 11 is 6.51. The Morgan fingerprint density at radius 1 is 1.19 bits per heavy atom. The standard InChI is InChI=1S/C22H27ClN2O/c1-22(2)10-8-18(9-11-22)25-14-15-6-7-19(20(23)12-15)16-4-3-5-17(13-16)21(24)26/h3-7,12-13,18,25H,8-11,14H2,1-2H3,(H2,24,26). The van der Waals surface area contributed by atoms with Crippen LogP contribution in [0, 0.1) is 5.41 Å². The Balaban J connectivity index is 1.66. The van der Waals surface area contributed by atoms with E-state index in [9.17, 15) is 4.79 Å². The number of nitrogens with one attached hydrogen (secondary N) is 1. The Labute approximate surface area is 160 Å². The first kappa shape index (κ1) is 18.9. The normalized spacial score (nSPS) is 17.2. The van der Waals surface area contributed by atoms with Gasteiger partial charge in [0.15, 0.2) is 0 Å². The number of hydrogen-bond acceptors (Lipinski definition) is 2. The van der Waals surface area contributed by atoms with Crippen molar-refractivity contribution in [3.05, 3.63) is 58.6 Å². The molecule has 0 aliphatic heterocycles. The third kappa shape index (κ3) is 4.66. The van der Waals surface area contributed by atoms with E-state index >= 15 is 0 Å². The number of carbonyl (C=O) groups is 1. The zero-order valence-corrected chi connectivity index (χ0v) is 16.3. The maximum absolute atomic E-state index is 11.4. The van der Waals surface area contributed by atoms with Crippen LogP contribution in [-0.4, -0.2) is 11.9 Å². The molecule has 0 bridgehead atoms. The zero-order valence-electron chi connectivity index (χ0n) is 15.5. The molecule has 138 valence electrons. The summed E-state index contributed by atoms with van der Waals surface area (Å²) in [5, 5.41) is 4.36. The summed E-state index contributed by atoms with van der Waals surface area (Å²) in [6, 6.07) is 14.0. The van der Waals surface area contributed by atoms with Crippen molar-refractivity contribution < 1.29 is 4.79 Å². The lowest BCUT2D eigenvalue weighted by molar-refractivity contribution is 0.100. The van der Waals surface area contributed by atoms with E-state index in [4.69, 9.17) is 17.3 Å². The van der Waals surface area contributed by atoms with Gasteiger partial charge in [0, 0.05) is 28.7 Å². The van der Waals surface area contributed by atoms with Crippen LogP contribution in [0.4, 0.5) is 0 Å². The molecule has 1 amide bonds. The highest BCUT2D eigenvalue weighted by atomic mass is 35.5. The fourth-order valence-corrected chi connectivity index (χ4v) is 3.92. The summed E-state index contributed by atoms with van der Waals surface area (Å²) in [6.45, 7) is 5.54. The van der Waals surface area contributed by atoms with Crippen LogP contribution in [0.3, 0.4) is 0 Å². The molecule has 1 aliphatic carbocycles. The number of primary amides is 1. The molecule has 2 aromatic rings. The lowest BCUT2D eigenvalue weighted by Gasteiger charge is -2.34. The maximum atomic E-state index is 11.4. The molecule has 0 saturated heterocycles. The molecule has 26 heavy (non-hydrogen) atoms. The van der Waals surface area contributed by atoms with Crippen molar-refractivity contribution in [3.8, 4) is 11.1 Å². The molecule has 3 rings (SSSR count). The molecule has 0 radical (unpaired) electrons. The van der Waals surface area contributed by atoms with Gasteiger partial charge in [0.05, 0.1) is 0 Å². The maximum Gasteiger partial charge on any atom is 0.248 e. The van der Waals surface area contributed by atoms with E-state index in [2.05, 4.69) is 25.2 Å². The highest BCUT2D eigenvalue weighted by molar-refractivity contribution is 6.33. The van der Waals surface area contributed by atoms with Crippen LogP contribution < -0.4 is 11.1 Å². The SMILES string of the molecule is CC1(C)CCC(NCc2ccc(-c3cccc(C(N)=O)c3)c(Cl)c2)CC1. The third-order valence-electron chi connectivity index (χ3n) is 5.43. The molecule has 1 saturated carbocycles. The first-order valence-corrected chi connectivity index (χ1v) is 9.64. The van der Waals surface area contributed by atoms with Crippen LogP contribution in [-0.2, 0) is 6.54 Å². The molecule has 0 atom stereocenters. The number of hydrogen-bond donors (Lipinski definition) is 2. The molecule has 0 aromatic heterocycles. The first-order valence-electron chi connectivity index (χ1n) is 9.26. The van der Waals surface area contributed by atoms with Crippen molar-refractivity contribution in [2.24, 2.45) is 11.1 Å². The fourth-order valence-electron chi connectivity index (χ4n) is 3.61. The van der Waals surface area contributed by atoms with Gasteiger partial charge in [-0.1, -0.05) is 49.7 Å². The summed E-state index contributed by atoms with van der Waals surface area (Å²) in [5.41, 5.74) is 9.34. The minimum atomic E-state index is -0.431. The van der Waals surface area contributed by atoms with E-state index in [1.807, 2.05) is 24.3 Å². The van der Waals surface area contributed by atoms with Crippen LogP contribution in [0.2, 0.25) is 5.02 Å². The molecule has 1 aliphatic rings. The van der Waals surface area contributed by atoms with Crippen LogP contribution in [0.25, 0.3) is 11.1 Å². The largest absolute Gasteiger partial charge is 0.366 e. The van der Waals surface area contributed by atoms with Crippen LogP contribution >= 0.6 is 11.6 Å². The molecule has 1 fully saturated rings. The van der Waals surface area contributed by atoms with Gasteiger partial charge in [0.1, 0.15) is 0 Å². The van der Waals surface area contributed by atoms with Crippen molar-refractivity contribution in [1.82, 2.24) is 5.32 Å². The summed E-state index contributed by atoms with van der Waals surface area (Å²) < 4.78 is 0. The quantitative estimate of drug-likeness (QED) is 0.763. The lowest BCUT2D eigenvalue weighted by Crippen LogP contribution is -2.35. The van der Waals surface area contributed by atoms with Gasteiger partial charge in [-0.3, -0.25) is 4.79 Å². The van der Waals surface area contributed by atoms with E-state index in [1.165, 1.54) is 31.2 Å². The van der Waals surface area contributed by atoms with E-state index in [0.717, 1.165) is 17.7 Å². The van der Waals surface area contributed by atoms with E-state index in [0.29, 0.717) is 22.0 Å².